The molecule has 1 fully saturated rings. The zero-order valence-electron chi connectivity index (χ0n) is 9.90. The highest BCUT2D eigenvalue weighted by atomic mass is 32.2. The molecule has 16 heavy (non-hydrogen) atoms. The highest BCUT2D eigenvalue weighted by Crippen LogP contribution is 2.38. The van der Waals surface area contributed by atoms with E-state index in [1.165, 1.54) is 10.5 Å². The summed E-state index contributed by atoms with van der Waals surface area (Å²) in [7, 11) is 0. The lowest BCUT2D eigenvalue weighted by atomic mass is 10.0. The molecule has 0 aliphatic carbocycles. The summed E-state index contributed by atoms with van der Waals surface area (Å²) in [6.07, 6.45) is 0. The van der Waals surface area contributed by atoms with Gasteiger partial charge in [0.05, 0.1) is 18.0 Å². The lowest BCUT2D eigenvalue weighted by Gasteiger charge is -2.39. The molecule has 88 valence electrons. The molecule has 1 saturated heterocycles. The maximum Gasteiger partial charge on any atom is 0.0794 e. The predicted octanol–water partition coefficient (Wildman–Crippen LogP) is 2.63. The quantitative estimate of drug-likeness (QED) is 0.874. The Hall–Kier alpha value is -0.510. The van der Waals surface area contributed by atoms with Crippen molar-refractivity contribution >= 4 is 11.8 Å². The number of nitrogens with two attached hydrogens (primary N) is 1. The first-order chi connectivity index (χ1) is 7.65. The van der Waals surface area contributed by atoms with Crippen LogP contribution in [0, 0.1) is 0 Å². The van der Waals surface area contributed by atoms with Gasteiger partial charge in [-0.25, -0.2) is 0 Å². The summed E-state index contributed by atoms with van der Waals surface area (Å²) in [6, 6.07) is 8.79. The normalized spacial score (nSPS) is 18.5. The average molecular weight is 237 g/mol. The molecule has 1 aliphatic rings. The van der Waals surface area contributed by atoms with Crippen LogP contribution in [-0.2, 0) is 4.74 Å². The molecule has 0 amide bonds. The molecule has 2 nitrogen and oxygen atoms in total. The molecule has 1 aliphatic heterocycles. The highest BCUT2D eigenvalue weighted by molar-refractivity contribution is 8.00. The van der Waals surface area contributed by atoms with E-state index in [-0.39, 0.29) is 4.75 Å². The molecular weight excluding hydrogens is 218 g/mol. The molecule has 0 aromatic heterocycles. The number of ether oxygens (including phenoxy) is 1. The van der Waals surface area contributed by atoms with E-state index in [4.69, 9.17) is 10.5 Å². The molecule has 1 heterocycles. The van der Waals surface area contributed by atoms with Gasteiger partial charge in [-0.1, -0.05) is 26.0 Å². The van der Waals surface area contributed by atoms with Crippen LogP contribution in [0.4, 0.5) is 0 Å². The second-order valence-corrected chi connectivity index (χ2v) is 6.25. The lowest BCUT2D eigenvalue weighted by molar-refractivity contribution is -0.00434. The Morgan fingerprint density at radius 2 is 1.94 bits per heavy atom. The van der Waals surface area contributed by atoms with E-state index in [0.29, 0.717) is 12.5 Å². The monoisotopic (exact) mass is 237 g/mol. The maximum absolute atomic E-state index is 5.79. The Kier molecular flexibility index (Phi) is 3.57. The molecule has 0 atom stereocenters. The van der Waals surface area contributed by atoms with Gasteiger partial charge in [0.15, 0.2) is 0 Å². The van der Waals surface area contributed by atoms with Crippen LogP contribution in [0.5, 0.6) is 0 Å². The summed E-state index contributed by atoms with van der Waals surface area (Å²) >= 11 is 1.85. The SMILES string of the molecule is CC(C)c1ccc(SC2(CN)COC2)cc1. The van der Waals surface area contributed by atoms with Gasteiger partial charge in [-0.2, -0.15) is 0 Å². The predicted molar refractivity (Wildman–Crippen MR) is 69.0 cm³/mol. The standard InChI is InChI=1S/C13H19NOS/c1-10(2)11-3-5-12(6-4-11)16-13(7-14)8-15-9-13/h3-6,10H,7-9,14H2,1-2H3. The molecule has 2 N–H and O–H groups in total. The second-order valence-electron chi connectivity index (χ2n) is 4.71. The van der Waals surface area contributed by atoms with Crippen molar-refractivity contribution in [3.8, 4) is 0 Å². The fourth-order valence-electron chi connectivity index (χ4n) is 1.72. The minimum absolute atomic E-state index is 0.124. The Morgan fingerprint density at radius 3 is 2.31 bits per heavy atom. The second kappa shape index (κ2) is 4.78. The largest absolute Gasteiger partial charge is 0.378 e. The summed E-state index contributed by atoms with van der Waals surface area (Å²) < 4.78 is 5.39. The number of benzene rings is 1. The molecule has 3 heteroatoms. The summed E-state index contributed by atoms with van der Waals surface area (Å²) in [5.74, 6) is 0.592. The van der Waals surface area contributed by atoms with Gasteiger partial charge in [0.1, 0.15) is 0 Å². The van der Waals surface area contributed by atoms with E-state index < -0.39 is 0 Å². The Morgan fingerprint density at radius 1 is 1.31 bits per heavy atom. The highest BCUT2D eigenvalue weighted by Gasteiger charge is 2.38. The molecule has 0 saturated carbocycles. The van der Waals surface area contributed by atoms with Gasteiger partial charge in [-0.3, -0.25) is 0 Å². The van der Waals surface area contributed by atoms with Crippen LogP contribution in [-0.4, -0.2) is 24.5 Å². The summed E-state index contributed by atoms with van der Waals surface area (Å²) in [5.41, 5.74) is 7.18. The van der Waals surface area contributed by atoms with E-state index in [1.807, 2.05) is 11.8 Å². The van der Waals surface area contributed by atoms with Crippen molar-refractivity contribution in [3.63, 3.8) is 0 Å². The van der Waals surface area contributed by atoms with Crippen molar-refractivity contribution in [2.75, 3.05) is 19.8 Å². The first-order valence-electron chi connectivity index (χ1n) is 5.72. The Bertz CT molecular complexity index is 338. The van der Waals surface area contributed by atoms with Gasteiger partial charge in [-0.05, 0) is 23.6 Å². The fourth-order valence-corrected chi connectivity index (χ4v) is 2.86. The topological polar surface area (TPSA) is 35.2 Å². The van der Waals surface area contributed by atoms with E-state index in [9.17, 15) is 0 Å². The Balaban J connectivity index is 2.05. The van der Waals surface area contributed by atoms with Crippen molar-refractivity contribution in [1.82, 2.24) is 0 Å². The van der Waals surface area contributed by atoms with Crippen molar-refractivity contribution in [3.05, 3.63) is 29.8 Å². The Labute approximate surface area is 102 Å². The maximum atomic E-state index is 5.79. The fraction of sp³-hybridized carbons (Fsp3) is 0.538. The third kappa shape index (κ3) is 2.42. The molecule has 1 aromatic rings. The first kappa shape index (κ1) is 12.0. The zero-order valence-corrected chi connectivity index (χ0v) is 10.7. The molecule has 2 rings (SSSR count). The van der Waals surface area contributed by atoms with Crippen LogP contribution < -0.4 is 5.73 Å². The molecule has 0 unspecified atom stereocenters. The lowest BCUT2D eigenvalue weighted by Crippen LogP contribution is -2.52. The van der Waals surface area contributed by atoms with Crippen LogP contribution in [0.15, 0.2) is 29.2 Å². The zero-order chi connectivity index (χ0) is 11.6. The van der Waals surface area contributed by atoms with Crippen LogP contribution in [0.3, 0.4) is 0 Å². The number of rotatable bonds is 4. The number of thioether (sulfide) groups is 1. The van der Waals surface area contributed by atoms with E-state index >= 15 is 0 Å². The summed E-state index contributed by atoms with van der Waals surface area (Å²) in [4.78, 5) is 1.29. The number of hydrogen-bond donors (Lipinski definition) is 1. The molecule has 0 radical (unpaired) electrons. The van der Waals surface area contributed by atoms with Gasteiger partial charge >= 0.3 is 0 Å². The minimum atomic E-state index is 0.124. The van der Waals surface area contributed by atoms with Crippen LogP contribution in [0.25, 0.3) is 0 Å². The van der Waals surface area contributed by atoms with Gasteiger partial charge in [0, 0.05) is 11.4 Å². The van der Waals surface area contributed by atoms with Crippen molar-refractivity contribution in [1.29, 1.82) is 0 Å². The van der Waals surface area contributed by atoms with Gasteiger partial charge in [0.25, 0.3) is 0 Å². The van der Waals surface area contributed by atoms with Crippen molar-refractivity contribution in [2.45, 2.75) is 29.4 Å². The van der Waals surface area contributed by atoms with Crippen molar-refractivity contribution in [2.24, 2.45) is 5.73 Å². The van der Waals surface area contributed by atoms with Gasteiger partial charge in [-0.15, -0.1) is 11.8 Å². The average Bonchev–Trinajstić information content (AvgIpc) is 2.24. The molecule has 1 aromatic carbocycles. The van der Waals surface area contributed by atoms with Crippen LogP contribution in [0.1, 0.15) is 25.3 Å². The minimum Gasteiger partial charge on any atom is -0.378 e. The molecular formula is C13H19NOS. The summed E-state index contributed by atoms with van der Waals surface area (Å²) in [5, 5.41) is 0. The number of hydrogen-bond acceptors (Lipinski definition) is 3. The molecule has 0 bridgehead atoms. The van der Waals surface area contributed by atoms with Crippen LogP contribution in [0.2, 0.25) is 0 Å². The van der Waals surface area contributed by atoms with E-state index in [1.54, 1.807) is 0 Å². The smallest absolute Gasteiger partial charge is 0.0794 e. The summed E-state index contributed by atoms with van der Waals surface area (Å²) in [6.45, 7) is 6.66. The molecule has 0 spiro atoms. The van der Waals surface area contributed by atoms with E-state index in [0.717, 1.165) is 13.2 Å². The van der Waals surface area contributed by atoms with Crippen molar-refractivity contribution < 1.29 is 4.74 Å². The third-order valence-electron chi connectivity index (χ3n) is 2.98. The third-order valence-corrected chi connectivity index (χ3v) is 4.33. The van der Waals surface area contributed by atoms with Crippen LogP contribution >= 0.6 is 11.8 Å². The van der Waals surface area contributed by atoms with Gasteiger partial charge in [0.2, 0.25) is 0 Å². The van der Waals surface area contributed by atoms with E-state index in [2.05, 4.69) is 38.1 Å². The van der Waals surface area contributed by atoms with Gasteiger partial charge < -0.3 is 10.5 Å². The first-order valence-corrected chi connectivity index (χ1v) is 6.54.